The van der Waals surface area contributed by atoms with E-state index in [1.807, 2.05) is 21.1 Å². The van der Waals surface area contributed by atoms with Crippen molar-refractivity contribution >= 4 is 10.2 Å². The Morgan fingerprint density at radius 3 is 2.52 bits per heavy atom. The molecule has 0 aromatic carbocycles. The SMILES string of the molecule is CNCC1CCCN(S(=O)(=O)NCC2(N(C)C)CCC2)C1. The summed E-state index contributed by atoms with van der Waals surface area (Å²) in [5.41, 5.74) is 0.0211. The maximum Gasteiger partial charge on any atom is 0.279 e. The van der Waals surface area contributed by atoms with E-state index in [1.165, 1.54) is 6.42 Å². The molecule has 1 saturated heterocycles. The van der Waals surface area contributed by atoms with E-state index in [1.54, 1.807) is 4.31 Å². The van der Waals surface area contributed by atoms with Gasteiger partial charge in [-0.3, -0.25) is 0 Å². The molecular formula is C14H30N4O2S. The van der Waals surface area contributed by atoms with Crippen molar-refractivity contribution in [3.63, 3.8) is 0 Å². The first-order valence-corrected chi connectivity index (χ1v) is 9.40. The van der Waals surface area contributed by atoms with Crippen LogP contribution in [0.1, 0.15) is 32.1 Å². The van der Waals surface area contributed by atoms with Gasteiger partial charge >= 0.3 is 0 Å². The fourth-order valence-corrected chi connectivity index (χ4v) is 4.79. The third kappa shape index (κ3) is 3.96. The van der Waals surface area contributed by atoms with Gasteiger partial charge in [0.1, 0.15) is 0 Å². The molecule has 1 heterocycles. The first-order chi connectivity index (χ1) is 9.89. The second-order valence-electron chi connectivity index (χ2n) is 6.72. The van der Waals surface area contributed by atoms with Gasteiger partial charge in [-0.1, -0.05) is 0 Å². The summed E-state index contributed by atoms with van der Waals surface area (Å²) in [5, 5.41) is 3.15. The van der Waals surface area contributed by atoms with Crippen molar-refractivity contribution in [3.05, 3.63) is 0 Å². The Morgan fingerprint density at radius 2 is 2.00 bits per heavy atom. The van der Waals surface area contributed by atoms with Crippen molar-refractivity contribution < 1.29 is 8.42 Å². The molecule has 0 spiro atoms. The second kappa shape index (κ2) is 6.91. The predicted molar refractivity (Wildman–Crippen MR) is 85.4 cm³/mol. The Kier molecular flexibility index (Phi) is 5.65. The van der Waals surface area contributed by atoms with Gasteiger partial charge in [-0.2, -0.15) is 12.7 Å². The van der Waals surface area contributed by atoms with Gasteiger partial charge in [0.25, 0.3) is 10.2 Å². The lowest BCUT2D eigenvalue weighted by Gasteiger charge is -2.47. The summed E-state index contributed by atoms with van der Waals surface area (Å²) in [6, 6.07) is 0. The summed E-state index contributed by atoms with van der Waals surface area (Å²) in [7, 11) is 2.65. The predicted octanol–water partition coefficient (Wildman–Crippen LogP) is 0.237. The zero-order valence-corrected chi connectivity index (χ0v) is 14.4. The van der Waals surface area contributed by atoms with Crippen molar-refractivity contribution in [2.75, 3.05) is 47.3 Å². The Hall–Kier alpha value is -0.210. The van der Waals surface area contributed by atoms with Crippen LogP contribution in [0.25, 0.3) is 0 Å². The summed E-state index contributed by atoms with van der Waals surface area (Å²) in [4.78, 5) is 2.17. The van der Waals surface area contributed by atoms with Gasteiger partial charge in [-0.25, -0.2) is 4.72 Å². The summed E-state index contributed by atoms with van der Waals surface area (Å²) in [6.07, 6.45) is 5.39. The Balaban J connectivity index is 1.92. The van der Waals surface area contributed by atoms with E-state index < -0.39 is 10.2 Å². The fraction of sp³-hybridized carbons (Fsp3) is 1.00. The topological polar surface area (TPSA) is 64.7 Å². The second-order valence-corrected chi connectivity index (χ2v) is 8.48. The molecule has 1 atom stereocenters. The average molecular weight is 318 g/mol. The molecule has 21 heavy (non-hydrogen) atoms. The summed E-state index contributed by atoms with van der Waals surface area (Å²) < 4.78 is 29.5. The van der Waals surface area contributed by atoms with E-state index in [4.69, 9.17) is 0 Å². The van der Waals surface area contributed by atoms with Gasteiger partial charge in [0, 0.05) is 25.2 Å². The first kappa shape index (κ1) is 17.1. The highest BCUT2D eigenvalue weighted by atomic mass is 32.2. The highest BCUT2D eigenvalue weighted by Gasteiger charge is 2.40. The summed E-state index contributed by atoms with van der Waals surface area (Å²) in [5.74, 6) is 0.423. The standard InChI is InChI=1S/C14H30N4O2S/c1-15-10-13-6-4-9-18(11-13)21(19,20)16-12-14(17(2)3)7-5-8-14/h13,15-16H,4-12H2,1-3H3. The number of hydrogen-bond acceptors (Lipinski definition) is 4. The van der Waals surface area contributed by atoms with E-state index in [0.29, 0.717) is 25.6 Å². The highest BCUT2D eigenvalue weighted by molar-refractivity contribution is 7.87. The van der Waals surface area contributed by atoms with Crippen LogP contribution in [0.2, 0.25) is 0 Å². The van der Waals surface area contributed by atoms with Gasteiger partial charge in [0.05, 0.1) is 0 Å². The van der Waals surface area contributed by atoms with E-state index in [2.05, 4.69) is 14.9 Å². The van der Waals surface area contributed by atoms with Crippen LogP contribution in [-0.4, -0.2) is 70.5 Å². The smallest absolute Gasteiger partial charge is 0.279 e. The minimum Gasteiger partial charge on any atom is -0.319 e. The molecule has 2 rings (SSSR count). The monoisotopic (exact) mass is 318 g/mol. The number of nitrogens with one attached hydrogen (secondary N) is 2. The molecule has 1 unspecified atom stereocenters. The molecular weight excluding hydrogens is 288 g/mol. The lowest BCUT2D eigenvalue weighted by atomic mass is 9.76. The molecule has 7 heteroatoms. The van der Waals surface area contributed by atoms with E-state index in [9.17, 15) is 8.42 Å². The molecule has 2 N–H and O–H groups in total. The first-order valence-electron chi connectivity index (χ1n) is 7.96. The quantitative estimate of drug-likeness (QED) is 0.706. The number of nitrogens with zero attached hydrogens (tertiary/aromatic N) is 2. The van der Waals surface area contributed by atoms with Gasteiger partial charge in [0.2, 0.25) is 0 Å². The molecule has 1 aliphatic heterocycles. The average Bonchev–Trinajstić information content (AvgIpc) is 2.37. The largest absolute Gasteiger partial charge is 0.319 e. The van der Waals surface area contributed by atoms with Gasteiger partial charge in [-0.05, 0) is 65.7 Å². The number of piperidine rings is 1. The van der Waals surface area contributed by atoms with Crippen molar-refractivity contribution in [1.82, 2.24) is 19.2 Å². The van der Waals surface area contributed by atoms with Crippen LogP contribution in [0, 0.1) is 5.92 Å². The summed E-state index contributed by atoms with van der Waals surface area (Å²) in [6.45, 7) is 2.68. The van der Waals surface area contributed by atoms with Gasteiger partial charge < -0.3 is 10.2 Å². The molecule has 0 aromatic heterocycles. The van der Waals surface area contributed by atoms with Crippen LogP contribution in [0.4, 0.5) is 0 Å². The Morgan fingerprint density at radius 1 is 1.29 bits per heavy atom. The Bertz CT molecular complexity index is 432. The van der Waals surface area contributed by atoms with Crippen LogP contribution in [-0.2, 0) is 10.2 Å². The fourth-order valence-electron chi connectivity index (χ4n) is 3.38. The van der Waals surface area contributed by atoms with E-state index >= 15 is 0 Å². The number of likely N-dealkylation sites (N-methyl/N-ethyl adjacent to an activating group) is 1. The van der Waals surface area contributed by atoms with Crippen LogP contribution in [0.5, 0.6) is 0 Å². The third-order valence-electron chi connectivity index (χ3n) is 5.13. The molecule has 0 aromatic rings. The molecule has 1 aliphatic carbocycles. The van der Waals surface area contributed by atoms with Crippen molar-refractivity contribution in [2.45, 2.75) is 37.6 Å². The van der Waals surface area contributed by atoms with E-state index in [-0.39, 0.29) is 5.54 Å². The van der Waals surface area contributed by atoms with Crippen LogP contribution in [0.3, 0.4) is 0 Å². The highest BCUT2D eigenvalue weighted by Crippen LogP contribution is 2.35. The maximum atomic E-state index is 12.5. The molecule has 0 radical (unpaired) electrons. The van der Waals surface area contributed by atoms with Crippen molar-refractivity contribution in [2.24, 2.45) is 5.92 Å². The molecule has 1 saturated carbocycles. The van der Waals surface area contributed by atoms with Gasteiger partial charge in [0.15, 0.2) is 0 Å². The van der Waals surface area contributed by atoms with Crippen LogP contribution >= 0.6 is 0 Å². The number of rotatable bonds is 7. The Labute approximate surface area is 129 Å². The van der Waals surface area contributed by atoms with Gasteiger partial charge in [-0.15, -0.1) is 0 Å². The molecule has 124 valence electrons. The molecule has 2 aliphatic rings. The lowest BCUT2D eigenvalue weighted by molar-refractivity contribution is 0.0650. The van der Waals surface area contributed by atoms with E-state index in [0.717, 1.165) is 32.2 Å². The molecule has 0 bridgehead atoms. The molecule has 2 fully saturated rings. The third-order valence-corrected chi connectivity index (χ3v) is 6.65. The van der Waals surface area contributed by atoms with Crippen LogP contribution in [0.15, 0.2) is 0 Å². The summed E-state index contributed by atoms with van der Waals surface area (Å²) >= 11 is 0. The minimum absolute atomic E-state index is 0.0211. The zero-order valence-electron chi connectivity index (χ0n) is 13.6. The molecule has 6 nitrogen and oxygen atoms in total. The van der Waals surface area contributed by atoms with Crippen molar-refractivity contribution in [1.29, 1.82) is 0 Å². The maximum absolute atomic E-state index is 12.5. The number of hydrogen-bond donors (Lipinski definition) is 2. The zero-order chi connectivity index (χ0) is 15.5. The minimum atomic E-state index is -3.35. The lowest BCUT2D eigenvalue weighted by Crippen LogP contribution is -2.59. The molecule has 0 amide bonds. The normalized spacial score (nSPS) is 26.8. The van der Waals surface area contributed by atoms with Crippen LogP contribution < -0.4 is 10.0 Å². The van der Waals surface area contributed by atoms with Crippen molar-refractivity contribution in [3.8, 4) is 0 Å².